The average Bonchev–Trinajstić information content (AvgIpc) is 2.67. The minimum Gasteiger partial charge on any atom is -0.357 e. The molecule has 0 saturated carbocycles. The summed E-state index contributed by atoms with van der Waals surface area (Å²) in [5.74, 6) is 0.615. The van der Waals surface area contributed by atoms with E-state index in [1.165, 1.54) is 27.7 Å². The number of hydrogen-bond acceptors (Lipinski definition) is 1. The second-order valence-corrected chi connectivity index (χ2v) is 4.78. The van der Waals surface area contributed by atoms with Crippen molar-refractivity contribution in [1.29, 1.82) is 0 Å². The van der Waals surface area contributed by atoms with Gasteiger partial charge in [0.15, 0.2) is 0 Å². The fraction of sp³-hybridized carbons (Fsp3) is 0.429. The maximum atomic E-state index is 3.54. The van der Waals surface area contributed by atoms with Gasteiger partial charge < -0.3 is 10.3 Å². The van der Waals surface area contributed by atoms with Gasteiger partial charge in [0.25, 0.3) is 0 Å². The van der Waals surface area contributed by atoms with E-state index in [4.69, 9.17) is 0 Å². The summed E-state index contributed by atoms with van der Waals surface area (Å²) in [7, 11) is 0. The third-order valence-electron chi connectivity index (χ3n) is 3.64. The van der Waals surface area contributed by atoms with Crippen molar-refractivity contribution in [3.05, 3.63) is 35.0 Å². The zero-order valence-electron chi connectivity index (χ0n) is 9.93. The van der Waals surface area contributed by atoms with Crippen molar-refractivity contribution in [2.24, 2.45) is 0 Å². The quantitative estimate of drug-likeness (QED) is 0.750. The standard InChI is InChI=1S/C14H18N2/c1-3-10-4-5-12-11(6-10)14-9(2)7-15-8-13(14)16-12/h4-6,9,15-16H,3,7-8H2,1-2H3. The second kappa shape index (κ2) is 3.63. The fourth-order valence-electron chi connectivity index (χ4n) is 2.75. The number of aryl methyl sites for hydroxylation is 1. The monoisotopic (exact) mass is 214 g/mol. The van der Waals surface area contributed by atoms with E-state index in [0.717, 1.165) is 19.5 Å². The fourth-order valence-corrected chi connectivity index (χ4v) is 2.75. The zero-order valence-corrected chi connectivity index (χ0v) is 9.93. The highest BCUT2D eigenvalue weighted by Gasteiger charge is 2.20. The number of nitrogens with one attached hydrogen (secondary N) is 2. The summed E-state index contributed by atoms with van der Waals surface area (Å²) in [4.78, 5) is 3.54. The Balaban J connectivity index is 2.26. The second-order valence-electron chi connectivity index (χ2n) is 4.78. The third-order valence-corrected chi connectivity index (χ3v) is 3.64. The molecule has 3 rings (SSSR count). The van der Waals surface area contributed by atoms with Gasteiger partial charge >= 0.3 is 0 Å². The van der Waals surface area contributed by atoms with Crippen molar-refractivity contribution in [1.82, 2.24) is 10.3 Å². The molecule has 2 N–H and O–H groups in total. The molecule has 84 valence electrons. The van der Waals surface area contributed by atoms with Gasteiger partial charge in [-0.1, -0.05) is 19.9 Å². The number of aromatic nitrogens is 1. The van der Waals surface area contributed by atoms with E-state index in [1.807, 2.05) is 0 Å². The lowest BCUT2D eigenvalue weighted by molar-refractivity contribution is 0.568. The molecule has 2 nitrogen and oxygen atoms in total. The first kappa shape index (κ1) is 9.91. The van der Waals surface area contributed by atoms with Crippen LogP contribution in [-0.4, -0.2) is 11.5 Å². The van der Waals surface area contributed by atoms with E-state index in [2.05, 4.69) is 42.3 Å². The summed E-state index contributed by atoms with van der Waals surface area (Å²) in [6.07, 6.45) is 1.11. The van der Waals surface area contributed by atoms with E-state index in [9.17, 15) is 0 Å². The minimum atomic E-state index is 0.615. The third kappa shape index (κ3) is 1.37. The number of fused-ring (bicyclic) bond motifs is 3. The predicted molar refractivity (Wildman–Crippen MR) is 67.8 cm³/mol. The molecule has 1 atom stereocenters. The lowest BCUT2D eigenvalue weighted by atomic mass is 9.94. The lowest BCUT2D eigenvalue weighted by Crippen LogP contribution is -2.26. The summed E-state index contributed by atoms with van der Waals surface area (Å²) < 4.78 is 0. The molecule has 2 heteroatoms. The van der Waals surface area contributed by atoms with Gasteiger partial charge in [-0.05, 0) is 35.6 Å². The number of benzene rings is 1. The first-order valence-electron chi connectivity index (χ1n) is 6.13. The Kier molecular flexibility index (Phi) is 2.25. The van der Waals surface area contributed by atoms with Crippen molar-refractivity contribution in [2.75, 3.05) is 6.54 Å². The lowest BCUT2D eigenvalue weighted by Gasteiger charge is -2.20. The van der Waals surface area contributed by atoms with Crippen LogP contribution in [0.15, 0.2) is 18.2 Å². The topological polar surface area (TPSA) is 27.8 Å². The van der Waals surface area contributed by atoms with Crippen LogP contribution in [0, 0.1) is 0 Å². The van der Waals surface area contributed by atoms with Crippen LogP contribution >= 0.6 is 0 Å². The molecule has 0 fully saturated rings. The molecule has 1 aliphatic rings. The summed E-state index contributed by atoms with van der Waals surface area (Å²) in [5.41, 5.74) is 5.63. The van der Waals surface area contributed by atoms with Crippen LogP contribution in [0.2, 0.25) is 0 Å². The normalized spacial score (nSPS) is 20.0. The molecule has 0 spiro atoms. The van der Waals surface area contributed by atoms with Gasteiger partial charge in [0.1, 0.15) is 0 Å². The molecular formula is C14H18N2. The molecule has 2 aromatic rings. The largest absolute Gasteiger partial charge is 0.357 e. The van der Waals surface area contributed by atoms with Crippen LogP contribution in [0.5, 0.6) is 0 Å². The average molecular weight is 214 g/mol. The van der Waals surface area contributed by atoms with Gasteiger partial charge in [0.05, 0.1) is 0 Å². The van der Waals surface area contributed by atoms with Crippen LogP contribution < -0.4 is 5.32 Å². The molecule has 1 unspecified atom stereocenters. The SMILES string of the molecule is CCc1ccc2[nH]c3c(c2c1)C(C)CNC3. The van der Waals surface area contributed by atoms with Crippen molar-refractivity contribution < 1.29 is 0 Å². The van der Waals surface area contributed by atoms with Crippen LogP contribution in [-0.2, 0) is 13.0 Å². The number of aromatic amines is 1. The van der Waals surface area contributed by atoms with Crippen molar-refractivity contribution in [3.63, 3.8) is 0 Å². The first-order chi connectivity index (χ1) is 7.79. The number of rotatable bonds is 1. The predicted octanol–water partition coefficient (Wildman–Crippen LogP) is 2.94. The Bertz CT molecular complexity index is 525. The van der Waals surface area contributed by atoms with Crippen LogP contribution in [0.3, 0.4) is 0 Å². The summed E-state index contributed by atoms with van der Waals surface area (Å²) in [5, 5.41) is 4.88. The molecular weight excluding hydrogens is 196 g/mol. The number of hydrogen-bond donors (Lipinski definition) is 2. The molecule has 0 aliphatic carbocycles. The smallest absolute Gasteiger partial charge is 0.0459 e. The zero-order chi connectivity index (χ0) is 11.1. The highest BCUT2D eigenvalue weighted by Crippen LogP contribution is 2.32. The molecule has 1 aromatic heterocycles. The summed E-state index contributed by atoms with van der Waals surface area (Å²) in [6.45, 7) is 6.59. The molecule has 0 saturated heterocycles. The van der Waals surface area contributed by atoms with Gasteiger partial charge in [-0.15, -0.1) is 0 Å². The number of H-pyrrole nitrogens is 1. The molecule has 0 bridgehead atoms. The van der Waals surface area contributed by atoms with E-state index < -0.39 is 0 Å². The summed E-state index contributed by atoms with van der Waals surface area (Å²) in [6, 6.07) is 6.80. The van der Waals surface area contributed by atoms with Crippen LogP contribution in [0.25, 0.3) is 10.9 Å². The van der Waals surface area contributed by atoms with E-state index in [0.29, 0.717) is 5.92 Å². The maximum absolute atomic E-state index is 3.54. The van der Waals surface area contributed by atoms with Gasteiger partial charge in [-0.25, -0.2) is 0 Å². The highest BCUT2D eigenvalue weighted by atomic mass is 14.9. The van der Waals surface area contributed by atoms with Gasteiger partial charge in [-0.3, -0.25) is 0 Å². The molecule has 1 aliphatic heterocycles. The molecule has 2 heterocycles. The van der Waals surface area contributed by atoms with Gasteiger partial charge in [-0.2, -0.15) is 0 Å². The minimum absolute atomic E-state index is 0.615. The molecule has 0 amide bonds. The van der Waals surface area contributed by atoms with Gasteiger partial charge in [0, 0.05) is 29.7 Å². The maximum Gasteiger partial charge on any atom is 0.0459 e. The van der Waals surface area contributed by atoms with E-state index >= 15 is 0 Å². The molecule has 0 radical (unpaired) electrons. The van der Waals surface area contributed by atoms with Crippen molar-refractivity contribution in [3.8, 4) is 0 Å². The Morgan fingerprint density at radius 3 is 3.06 bits per heavy atom. The molecule has 1 aromatic carbocycles. The van der Waals surface area contributed by atoms with Crippen molar-refractivity contribution in [2.45, 2.75) is 32.7 Å². The van der Waals surface area contributed by atoms with Gasteiger partial charge in [0.2, 0.25) is 0 Å². The van der Waals surface area contributed by atoms with E-state index in [1.54, 1.807) is 0 Å². The van der Waals surface area contributed by atoms with Crippen LogP contribution in [0.1, 0.15) is 36.6 Å². The first-order valence-corrected chi connectivity index (χ1v) is 6.13. The van der Waals surface area contributed by atoms with Crippen LogP contribution in [0.4, 0.5) is 0 Å². The Morgan fingerprint density at radius 1 is 1.38 bits per heavy atom. The Morgan fingerprint density at radius 2 is 2.25 bits per heavy atom. The Labute approximate surface area is 96.1 Å². The highest BCUT2D eigenvalue weighted by molar-refractivity contribution is 5.86. The summed E-state index contributed by atoms with van der Waals surface area (Å²) >= 11 is 0. The van der Waals surface area contributed by atoms with Crippen molar-refractivity contribution >= 4 is 10.9 Å². The van der Waals surface area contributed by atoms with E-state index in [-0.39, 0.29) is 0 Å². The Hall–Kier alpha value is -1.28. The molecule has 16 heavy (non-hydrogen) atoms.